The maximum atomic E-state index is 13.3. The second kappa shape index (κ2) is 13.0. The van der Waals surface area contributed by atoms with E-state index in [4.69, 9.17) is 4.74 Å². The third-order valence-corrected chi connectivity index (χ3v) is 7.57. The first-order valence-electron chi connectivity index (χ1n) is 15.0. The first-order valence-corrected chi connectivity index (χ1v) is 15.0. The number of benzene rings is 1. The van der Waals surface area contributed by atoms with Crippen molar-refractivity contribution in [3.8, 4) is 5.75 Å². The third-order valence-electron chi connectivity index (χ3n) is 7.57. The van der Waals surface area contributed by atoms with Crippen LogP contribution < -0.4 is 20.7 Å². The highest BCUT2D eigenvalue weighted by molar-refractivity contribution is 5.92. The molecule has 12 nitrogen and oxygen atoms in total. The average Bonchev–Trinajstić information content (AvgIpc) is 3.40. The molecular weight excluding hydrogens is 558 g/mol. The number of likely N-dealkylation sites (N-methyl/N-ethyl adjacent to an activating group) is 1. The Morgan fingerprint density at radius 3 is 2.55 bits per heavy atom. The van der Waals surface area contributed by atoms with Gasteiger partial charge in [-0.25, -0.2) is 14.8 Å². The Morgan fingerprint density at radius 2 is 1.82 bits per heavy atom. The van der Waals surface area contributed by atoms with Crippen molar-refractivity contribution in [3.63, 3.8) is 0 Å². The molecular formula is C32H41N9O3. The normalized spacial score (nSPS) is 16.4. The van der Waals surface area contributed by atoms with Crippen molar-refractivity contribution in [2.75, 3.05) is 32.5 Å². The Labute approximate surface area is 257 Å². The maximum absolute atomic E-state index is 13.3. The molecule has 3 amide bonds. The second-order valence-corrected chi connectivity index (χ2v) is 12.3. The Morgan fingerprint density at radius 1 is 1.05 bits per heavy atom. The Kier molecular flexibility index (Phi) is 9.09. The molecule has 3 heterocycles. The van der Waals surface area contributed by atoms with Crippen molar-refractivity contribution < 1.29 is 14.3 Å². The van der Waals surface area contributed by atoms with Crippen LogP contribution in [0.2, 0.25) is 0 Å². The lowest BCUT2D eigenvalue weighted by Crippen LogP contribution is -2.36. The van der Waals surface area contributed by atoms with Gasteiger partial charge >= 0.3 is 6.03 Å². The molecule has 5 rings (SSSR count). The van der Waals surface area contributed by atoms with Gasteiger partial charge in [0.15, 0.2) is 5.65 Å². The van der Waals surface area contributed by atoms with Crippen molar-refractivity contribution in [2.24, 2.45) is 0 Å². The zero-order valence-corrected chi connectivity index (χ0v) is 26.2. The van der Waals surface area contributed by atoms with Crippen molar-refractivity contribution in [2.45, 2.75) is 64.5 Å². The summed E-state index contributed by atoms with van der Waals surface area (Å²) in [5, 5.41) is 17.2. The largest absolute Gasteiger partial charge is 0.484 e. The first kappa shape index (κ1) is 30.9. The molecule has 44 heavy (non-hydrogen) atoms. The van der Waals surface area contributed by atoms with Crippen LogP contribution in [0.1, 0.15) is 85.9 Å². The lowest BCUT2D eigenvalue weighted by atomic mass is 9.85. The summed E-state index contributed by atoms with van der Waals surface area (Å²) in [4.78, 5) is 37.0. The highest BCUT2D eigenvalue weighted by Gasteiger charge is 2.30. The minimum Gasteiger partial charge on any atom is -0.484 e. The molecule has 1 aromatic carbocycles. The molecule has 0 spiro atoms. The number of aryl methyl sites for hydroxylation is 1. The predicted molar refractivity (Wildman–Crippen MR) is 168 cm³/mol. The number of anilines is 1. The van der Waals surface area contributed by atoms with Gasteiger partial charge in [0.1, 0.15) is 23.5 Å². The third kappa shape index (κ3) is 7.13. The molecule has 232 valence electrons. The summed E-state index contributed by atoms with van der Waals surface area (Å²) >= 11 is 0. The van der Waals surface area contributed by atoms with E-state index in [9.17, 15) is 9.59 Å². The van der Waals surface area contributed by atoms with Gasteiger partial charge in [0.2, 0.25) is 5.82 Å². The van der Waals surface area contributed by atoms with E-state index >= 15 is 0 Å². The molecule has 0 saturated carbocycles. The SMILES string of the molecule is CCc1nnc2ccc(OC3CCC(NC(=O)Nc4cc(C(C)(C)C)nc(C(=O)NCCN(C)C)n4)c4ccccc43)cn12. The number of urea groups is 1. The Hall–Kier alpha value is -4.58. The van der Waals surface area contributed by atoms with Gasteiger partial charge in [-0.15, -0.1) is 10.2 Å². The van der Waals surface area contributed by atoms with Gasteiger partial charge in [0, 0.05) is 31.0 Å². The Bertz CT molecular complexity index is 1640. The van der Waals surface area contributed by atoms with Gasteiger partial charge in [-0.3, -0.25) is 14.5 Å². The topological polar surface area (TPSA) is 139 Å². The van der Waals surface area contributed by atoms with Crippen LogP contribution in [0, 0.1) is 0 Å². The fourth-order valence-corrected chi connectivity index (χ4v) is 5.20. The number of carbonyl (C=O) groups is 2. The fraction of sp³-hybridized carbons (Fsp3) is 0.438. The number of rotatable bonds is 9. The van der Waals surface area contributed by atoms with E-state index in [-0.39, 0.29) is 35.1 Å². The van der Waals surface area contributed by atoms with Crippen molar-refractivity contribution >= 4 is 23.4 Å². The van der Waals surface area contributed by atoms with Gasteiger partial charge in [0.05, 0.1) is 17.9 Å². The number of pyridine rings is 1. The van der Waals surface area contributed by atoms with Crippen LogP contribution in [-0.2, 0) is 11.8 Å². The lowest BCUT2D eigenvalue weighted by Gasteiger charge is -2.32. The second-order valence-electron chi connectivity index (χ2n) is 12.3. The number of aromatic nitrogens is 5. The highest BCUT2D eigenvalue weighted by Crippen LogP contribution is 2.39. The van der Waals surface area contributed by atoms with Crippen molar-refractivity contribution in [1.82, 2.24) is 40.1 Å². The minimum absolute atomic E-state index is 0.0187. The molecule has 12 heteroatoms. The van der Waals surface area contributed by atoms with Crippen LogP contribution in [0.5, 0.6) is 5.75 Å². The fourth-order valence-electron chi connectivity index (χ4n) is 5.20. The molecule has 0 aliphatic heterocycles. The standard InChI is InChI=1S/C32H41N9O3/c1-7-27-38-39-28-15-12-20(19-41(27)28)44-24-14-13-23(21-10-8-9-11-22(21)24)34-31(43)37-26-18-25(32(2,3)4)35-29(36-26)30(42)33-16-17-40(5)6/h8-12,15,18-19,23-24H,7,13-14,16-17H2,1-6H3,(H,33,42)(H2,34,35,36,37,43). The zero-order chi connectivity index (χ0) is 31.4. The first-order chi connectivity index (χ1) is 21.0. The quantitative estimate of drug-likeness (QED) is 0.257. The summed E-state index contributed by atoms with van der Waals surface area (Å²) in [7, 11) is 3.87. The smallest absolute Gasteiger partial charge is 0.320 e. The van der Waals surface area contributed by atoms with Crippen LogP contribution in [0.15, 0.2) is 48.7 Å². The Balaban J connectivity index is 1.30. The number of hydrogen-bond acceptors (Lipinski definition) is 8. The molecule has 0 fully saturated rings. The number of nitrogens with zero attached hydrogens (tertiary/aromatic N) is 6. The van der Waals surface area contributed by atoms with Crippen LogP contribution in [0.3, 0.4) is 0 Å². The molecule has 0 radical (unpaired) electrons. The van der Waals surface area contributed by atoms with Crippen LogP contribution in [0.25, 0.3) is 5.65 Å². The van der Waals surface area contributed by atoms with E-state index in [2.05, 4.69) is 36.1 Å². The molecule has 0 bridgehead atoms. The van der Waals surface area contributed by atoms with E-state index in [1.807, 2.05) is 93.7 Å². The summed E-state index contributed by atoms with van der Waals surface area (Å²) < 4.78 is 8.42. The monoisotopic (exact) mass is 599 g/mol. The summed E-state index contributed by atoms with van der Waals surface area (Å²) in [5.41, 5.74) is 3.10. The molecule has 3 aromatic heterocycles. The van der Waals surface area contributed by atoms with E-state index in [1.54, 1.807) is 6.07 Å². The van der Waals surface area contributed by atoms with E-state index in [0.717, 1.165) is 34.8 Å². The van der Waals surface area contributed by atoms with Gasteiger partial charge in [0.25, 0.3) is 5.91 Å². The highest BCUT2D eigenvalue weighted by atomic mass is 16.5. The molecule has 2 unspecified atom stereocenters. The number of nitrogens with one attached hydrogen (secondary N) is 3. The molecule has 1 aliphatic rings. The van der Waals surface area contributed by atoms with Gasteiger partial charge < -0.3 is 20.3 Å². The minimum atomic E-state index is -0.410. The van der Waals surface area contributed by atoms with Gasteiger partial charge in [-0.2, -0.15) is 0 Å². The maximum Gasteiger partial charge on any atom is 0.320 e. The molecule has 0 saturated heterocycles. The van der Waals surface area contributed by atoms with Gasteiger partial charge in [-0.05, 0) is 50.2 Å². The van der Waals surface area contributed by atoms with Crippen molar-refractivity contribution in [3.05, 3.63) is 77.1 Å². The number of amides is 3. The molecule has 4 aromatic rings. The number of hydrogen-bond donors (Lipinski definition) is 3. The van der Waals surface area contributed by atoms with Crippen molar-refractivity contribution in [1.29, 1.82) is 0 Å². The van der Waals surface area contributed by atoms with Crippen LogP contribution >= 0.6 is 0 Å². The molecule has 1 aliphatic carbocycles. The van der Waals surface area contributed by atoms with E-state index < -0.39 is 6.03 Å². The predicted octanol–water partition coefficient (Wildman–Crippen LogP) is 4.45. The summed E-state index contributed by atoms with van der Waals surface area (Å²) in [6.45, 7) is 9.18. The van der Waals surface area contributed by atoms with E-state index in [1.165, 1.54) is 0 Å². The number of fused-ring (bicyclic) bond motifs is 2. The van der Waals surface area contributed by atoms with E-state index in [0.29, 0.717) is 31.6 Å². The number of ether oxygens (including phenoxy) is 1. The molecule has 2 atom stereocenters. The van der Waals surface area contributed by atoms with Crippen LogP contribution in [0.4, 0.5) is 10.6 Å². The molecule has 3 N–H and O–H groups in total. The summed E-state index contributed by atoms with van der Waals surface area (Å²) in [6.07, 6.45) is 3.92. The summed E-state index contributed by atoms with van der Waals surface area (Å²) in [5.74, 6) is 1.51. The van der Waals surface area contributed by atoms with Crippen LogP contribution in [-0.4, -0.2) is 68.6 Å². The number of carbonyl (C=O) groups excluding carboxylic acids is 2. The lowest BCUT2D eigenvalue weighted by molar-refractivity contribution is 0.0940. The van der Waals surface area contributed by atoms with Gasteiger partial charge in [-0.1, -0.05) is 52.0 Å². The average molecular weight is 600 g/mol. The zero-order valence-electron chi connectivity index (χ0n) is 26.2. The summed E-state index contributed by atoms with van der Waals surface area (Å²) in [6, 6.07) is 12.9.